The van der Waals surface area contributed by atoms with Crippen LogP contribution in [0.2, 0.25) is 0 Å². The zero-order chi connectivity index (χ0) is 28.2. The molecule has 2 heterocycles. The number of rotatable bonds is 6. The third kappa shape index (κ3) is 9.79. The maximum Gasteiger partial charge on any atom is 0.256 e. The van der Waals surface area contributed by atoms with Crippen LogP contribution in [-0.4, -0.2) is 109 Å². The second-order valence-electron chi connectivity index (χ2n) is 11.0. The van der Waals surface area contributed by atoms with E-state index < -0.39 is 30.0 Å². The Kier molecular flexibility index (Phi) is 13.1. The summed E-state index contributed by atoms with van der Waals surface area (Å²) in [6.45, 7) is 7.14. The lowest BCUT2D eigenvalue weighted by Crippen LogP contribution is -2.52. The van der Waals surface area contributed by atoms with Crippen LogP contribution in [0.25, 0.3) is 0 Å². The van der Waals surface area contributed by atoms with Crippen LogP contribution in [-0.2, 0) is 14.3 Å². The monoisotopic (exact) mass is 551 g/mol. The van der Waals surface area contributed by atoms with Crippen molar-refractivity contribution in [3.63, 3.8) is 0 Å². The summed E-state index contributed by atoms with van der Waals surface area (Å²) < 4.78 is 26.3. The molecule has 9 nitrogen and oxygen atoms in total. The Bertz CT molecular complexity index is 898. The number of carbonyl (C=O) groups is 2. The topological polar surface area (TPSA) is 112 Å². The molecule has 0 aromatic heterocycles. The Hall–Kier alpha value is -2.11. The minimum Gasteiger partial charge on any atom is -0.388 e. The molecule has 2 aliphatic heterocycles. The molecular weight excluding hydrogens is 505 g/mol. The van der Waals surface area contributed by atoms with Gasteiger partial charge in [-0.15, -0.1) is 0 Å². The summed E-state index contributed by atoms with van der Waals surface area (Å²) in [6, 6.07) is 5.77. The molecule has 1 aromatic rings. The fourth-order valence-corrected chi connectivity index (χ4v) is 4.96. The SMILES string of the molecule is CC(C)CCO[C@@H]1CN(C(=O)c2ccccc2F)CCN(C(=O)[C@@H]2CCCNC2)CCCCOC[C@@H](O)[C@H]1O. The number of aliphatic hydroxyl groups is 2. The largest absolute Gasteiger partial charge is 0.388 e. The predicted octanol–water partition coefficient (Wildman–Crippen LogP) is 2.06. The molecule has 2 fully saturated rings. The Morgan fingerprint density at radius 2 is 1.90 bits per heavy atom. The van der Waals surface area contributed by atoms with Crippen molar-refractivity contribution in [1.29, 1.82) is 0 Å². The van der Waals surface area contributed by atoms with Crippen LogP contribution in [0.4, 0.5) is 4.39 Å². The quantitative estimate of drug-likeness (QED) is 0.496. The third-order valence-electron chi connectivity index (χ3n) is 7.45. The van der Waals surface area contributed by atoms with Crippen LogP contribution in [0.5, 0.6) is 0 Å². The number of carbonyl (C=O) groups excluding carboxylic acids is 2. The van der Waals surface area contributed by atoms with E-state index in [1.165, 1.54) is 23.1 Å². The number of piperidine rings is 1. The summed E-state index contributed by atoms with van der Waals surface area (Å²) in [5, 5.41) is 24.9. The van der Waals surface area contributed by atoms with Gasteiger partial charge in [0.25, 0.3) is 5.91 Å². The lowest BCUT2D eigenvalue weighted by molar-refractivity contribution is -0.137. The van der Waals surface area contributed by atoms with Crippen molar-refractivity contribution in [2.24, 2.45) is 11.8 Å². The second-order valence-corrected chi connectivity index (χ2v) is 11.0. The molecule has 1 aromatic carbocycles. The van der Waals surface area contributed by atoms with Crippen LogP contribution in [0.1, 0.15) is 56.3 Å². The van der Waals surface area contributed by atoms with E-state index in [0.717, 1.165) is 25.8 Å². The van der Waals surface area contributed by atoms with Gasteiger partial charge < -0.3 is 34.8 Å². The molecule has 0 bridgehead atoms. The van der Waals surface area contributed by atoms with Gasteiger partial charge in [-0.05, 0) is 56.7 Å². The van der Waals surface area contributed by atoms with Crippen LogP contribution < -0.4 is 5.32 Å². The molecule has 0 saturated carbocycles. The van der Waals surface area contributed by atoms with Gasteiger partial charge in [-0.1, -0.05) is 26.0 Å². The molecule has 10 heteroatoms. The van der Waals surface area contributed by atoms with Crippen LogP contribution >= 0.6 is 0 Å². The Balaban J connectivity index is 1.87. The van der Waals surface area contributed by atoms with Crippen LogP contribution in [0.15, 0.2) is 24.3 Å². The Morgan fingerprint density at radius 3 is 2.62 bits per heavy atom. The van der Waals surface area contributed by atoms with Gasteiger partial charge in [-0.25, -0.2) is 4.39 Å². The first kappa shape index (κ1) is 31.4. The Morgan fingerprint density at radius 1 is 1.13 bits per heavy atom. The molecule has 39 heavy (non-hydrogen) atoms. The predicted molar refractivity (Wildman–Crippen MR) is 146 cm³/mol. The molecular formula is C29H46FN3O6. The standard InChI is InChI=1S/C29H46FN3O6/c1-21(2)11-17-39-26-19-33(29(37)23-9-3-4-10-24(23)30)15-14-32(28(36)22-8-7-12-31-18-22)13-5-6-16-38-20-25(34)27(26)35/h3-4,9-10,21-22,25-27,31,34-35H,5-8,11-20H2,1-2H3/t22-,25-,26-,27-/m1/s1. The van der Waals surface area contributed by atoms with Crippen LogP contribution in [0, 0.1) is 17.7 Å². The highest BCUT2D eigenvalue weighted by atomic mass is 19.1. The molecule has 2 saturated heterocycles. The maximum atomic E-state index is 14.7. The molecule has 0 radical (unpaired) electrons. The first-order valence-electron chi connectivity index (χ1n) is 14.4. The number of halogens is 1. The number of hydrogen-bond donors (Lipinski definition) is 3. The molecule has 220 valence electrons. The van der Waals surface area contributed by atoms with Crippen molar-refractivity contribution in [3.05, 3.63) is 35.6 Å². The summed E-state index contributed by atoms with van der Waals surface area (Å²) in [7, 11) is 0. The molecule has 2 aliphatic rings. The van der Waals surface area contributed by atoms with Crippen molar-refractivity contribution in [2.75, 3.05) is 59.1 Å². The van der Waals surface area contributed by atoms with E-state index in [2.05, 4.69) is 19.2 Å². The van der Waals surface area contributed by atoms with Crippen molar-refractivity contribution < 1.29 is 33.7 Å². The van der Waals surface area contributed by atoms with E-state index in [1.807, 2.05) is 0 Å². The van der Waals surface area contributed by atoms with E-state index in [-0.39, 0.29) is 43.6 Å². The number of nitrogens with zero attached hydrogens (tertiary/aromatic N) is 2. The summed E-state index contributed by atoms with van der Waals surface area (Å²) >= 11 is 0. The van der Waals surface area contributed by atoms with Crippen molar-refractivity contribution in [2.45, 2.75) is 64.3 Å². The van der Waals surface area contributed by atoms with Crippen molar-refractivity contribution >= 4 is 11.8 Å². The number of benzene rings is 1. The summed E-state index contributed by atoms with van der Waals surface area (Å²) in [5.41, 5.74) is -0.0905. The minimum absolute atomic E-state index is 0.0497. The van der Waals surface area contributed by atoms with Gasteiger partial charge in [0.1, 0.15) is 24.1 Å². The Labute approximate surface area is 231 Å². The molecule has 0 spiro atoms. The third-order valence-corrected chi connectivity index (χ3v) is 7.45. The first-order chi connectivity index (χ1) is 18.8. The lowest BCUT2D eigenvalue weighted by atomic mass is 9.98. The van der Waals surface area contributed by atoms with E-state index in [1.54, 1.807) is 11.0 Å². The number of aliphatic hydroxyl groups excluding tert-OH is 2. The zero-order valence-corrected chi connectivity index (χ0v) is 23.4. The number of nitrogens with one attached hydrogen (secondary N) is 1. The molecule has 4 atom stereocenters. The molecule has 3 rings (SSSR count). The molecule has 0 aliphatic carbocycles. The fourth-order valence-electron chi connectivity index (χ4n) is 4.96. The summed E-state index contributed by atoms with van der Waals surface area (Å²) in [5.74, 6) is -0.905. The average molecular weight is 552 g/mol. The highest BCUT2D eigenvalue weighted by molar-refractivity contribution is 5.94. The number of ether oxygens (including phenoxy) is 2. The maximum absolute atomic E-state index is 14.7. The number of hydrogen-bond acceptors (Lipinski definition) is 7. The number of amides is 2. The highest BCUT2D eigenvalue weighted by Gasteiger charge is 2.33. The minimum atomic E-state index is -1.32. The molecule has 3 N–H and O–H groups in total. The van der Waals surface area contributed by atoms with E-state index in [0.29, 0.717) is 45.1 Å². The molecule has 0 unspecified atom stereocenters. The normalized spacial score (nSPS) is 26.3. The van der Waals surface area contributed by atoms with Gasteiger partial charge in [0.2, 0.25) is 5.91 Å². The van der Waals surface area contributed by atoms with E-state index in [4.69, 9.17) is 9.47 Å². The second kappa shape index (κ2) is 16.2. The van der Waals surface area contributed by atoms with Gasteiger partial charge in [0.15, 0.2) is 0 Å². The smallest absolute Gasteiger partial charge is 0.256 e. The van der Waals surface area contributed by atoms with Crippen molar-refractivity contribution in [1.82, 2.24) is 15.1 Å². The van der Waals surface area contributed by atoms with Crippen LogP contribution in [0.3, 0.4) is 0 Å². The van der Waals surface area contributed by atoms with Gasteiger partial charge >= 0.3 is 0 Å². The fraction of sp³-hybridized carbons (Fsp3) is 0.724. The van der Waals surface area contributed by atoms with Crippen molar-refractivity contribution in [3.8, 4) is 0 Å². The summed E-state index contributed by atoms with van der Waals surface area (Å²) in [4.78, 5) is 30.3. The average Bonchev–Trinajstić information content (AvgIpc) is 2.93. The van der Waals surface area contributed by atoms with Gasteiger partial charge in [-0.3, -0.25) is 9.59 Å². The van der Waals surface area contributed by atoms with E-state index in [9.17, 15) is 24.2 Å². The summed E-state index contributed by atoms with van der Waals surface area (Å²) in [6.07, 6.45) is 0.419. The molecule has 2 amide bonds. The van der Waals surface area contributed by atoms with Gasteiger partial charge in [0, 0.05) is 45.9 Å². The highest BCUT2D eigenvalue weighted by Crippen LogP contribution is 2.18. The van der Waals surface area contributed by atoms with E-state index >= 15 is 0 Å². The first-order valence-corrected chi connectivity index (χ1v) is 14.4. The van der Waals surface area contributed by atoms with Gasteiger partial charge in [0.05, 0.1) is 18.1 Å². The lowest BCUT2D eigenvalue weighted by Gasteiger charge is -2.35. The zero-order valence-electron chi connectivity index (χ0n) is 23.4. The van der Waals surface area contributed by atoms with Gasteiger partial charge in [-0.2, -0.15) is 0 Å².